The third kappa shape index (κ3) is 3.08. The lowest BCUT2D eigenvalue weighted by Crippen LogP contribution is -2.44. The van der Waals surface area contributed by atoms with Gasteiger partial charge in [-0.3, -0.25) is 4.68 Å². The van der Waals surface area contributed by atoms with E-state index < -0.39 is 0 Å². The van der Waals surface area contributed by atoms with Crippen LogP contribution in [0.25, 0.3) is 11.3 Å². The van der Waals surface area contributed by atoms with Crippen LogP contribution in [0.2, 0.25) is 0 Å². The molecule has 1 saturated heterocycles. The predicted octanol–water partition coefficient (Wildman–Crippen LogP) is 1.53. The number of piperazine rings is 1. The summed E-state index contributed by atoms with van der Waals surface area (Å²) in [7, 11) is 2.04. The zero-order valence-electron chi connectivity index (χ0n) is 12.0. The minimum absolute atomic E-state index is 1.07. The van der Waals surface area contributed by atoms with Crippen molar-refractivity contribution in [2.45, 2.75) is 6.42 Å². The molecule has 0 spiro atoms. The second-order valence-corrected chi connectivity index (χ2v) is 5.35. The molecule has 4 nitrogen and oxygen atoms in total. The molecule has 4 heteroatoms. The Morgan fingerprint density at radius 1 is 1.15 bits per heavy atom. The molecule has 1 N–H and O–H groups in total. The molecule has 0 amide bonds. The van der Waals surface area contributed by atoms with Gasteiger partial charge in [-0.15, -0.1) is 0 Å². The molecule has 1 aromatic carbocycles. The normalized spacial score (nSPS) is 16.4. The fourth-order valence-electron chi connectivity index (χ4n) is 2.70. The molecule has 3 rings (SSSR count). The topological polar surface area (TPSA) is 33.1 Å². The Labute approximate surface area is 120 Å². The van der Waals surface area contributed by atoms with E-state index in [-0.39, 0.29) is 0 Å². The average Bonchev–Trinajstić information content (AvgIpc) is 2.88. The van der Waals surface area contributed by atoms with Crippen molar-refractivity contribution in [3.05, 3.63) is 42.1 Å². The van der Waals surface area contributed by atoms with Crippen LogP contribution in [0.15, 0.2) is 36.4 Å². The van der Waals surface area contributed by atoms with Crippen molar-refractivity contribution >= 4 is 0 Å². The molecule has 20 heavy (non-hydrogen) atoms. The van der Waals surface area contributed by atoms with Crippen LogP contribution in [-0.4, -0.2) is 47.4 Å². The van der Waals surface area contributed by atoms with Gasteiger partial charge in [0.05, 0.1) is 5.69 Å². The molecule has 1 aliphatic rings. The molecule has 1 aliphatic heterocycles. The average molecular weight is 270 g/mol. The molecule has 0 saturated carbocycles. The highest BCUT2D eigenvalue weighted by molar-refractivity contribution is 5.59. The molecule has 0 atom stereocenters. The van der Waals surface area contributed by atoms with Gasteiger partial charge in [0.1, 0.15) is 0 Å². The Kier molecular flexibility index (Phi) is 4.14. The zero-order valence-corrected chi connectivity index (χ0v) is 12.0. The highest BCUT2D eigenvalue weighted by Gasteiger charge is 2.11. The first-order valence-corrected chi connectivity index (χ1v) is 7.34. The molecule has 0 unspecified atom stereocenters. The second kappa shape index (κ2) is 6.20. The van der Waals surface area contributed by atoms with Crippen LogP contribution >= 0.6 is 0 Å². The molecule has 106 valence electrons. The minimum atomic E-state index is 1.07. The summed E-state index contributed by atoms with van der Waals surface area (Å²) >= 11 is 0. The van der Waals surface area contributed by atoms with E-state index in [9.17, 15) is 0 Å². The Morgan fingerprint density at radius 2 is 1.90 bits per heavy atom. The van der Waals surface area contributed by atoms with Gasteiger partial charge in [-0.1, -0.05) is 30.3 Å². The summed E-state index contributed by atoms with van der Waals surface area (Å²) in [6.07, 6.45) is 1.07. The monoisotopic (exact) mass is 270 g/mol. The lowest BCUT2D eigenvalue weighted by atomic mass is 10.1. The van der Waals surface area contributed by atoms with Gasteiger partial charge in [0, 0.05) is 57.4 Å². The number of aryl methyl sites for hydroxylation is 1. The summed E-state index contributed by atoms with van der Waals surface area (Å²) in [5.74, 6) is 0. The van der Waals surface area contributed by atoms with Gasteiger partial charge in [-0.2, -0.15) is 5.10 Å². The first-order valence-electron chi connectivity index (χ1n) is 7.34. The number of hydrogen-bond acceptors (Lipinski definition) is 3. The van der Waals surface area contributed by atoms with Gasteiger partial charge < -0.3 is 10.2 Å². The fraction of sp³-hybridized carbons (Fsp3) is 0.438. The maximum absolute atomic E-state index is 4.63. The van der Waals surface area contributed by atoms with Crippen LogP contribution in [0.5, 0.6) is 0 Å². The van der Waals surface area contributed by atoms with E-state index in [2.05, 4.69) is 45.6 Å². The van der Waals surface area contributed by atoms with E-state index in [1.54, 1.807) is 0 Å². The van der Waals surface area contributed by atoms with E-state index in [1.165, 1.54) is 11.3 Å². The third-order valence-corrected chi connectivity index (χ3v) is 3.94. The summed E-state index contributed by atoms with van der Waals surface area (Å²) in [4.78, 5) is 2.52. The Hall–Kier alpha value is -1.65. The molecule has 1 aromatic heterocycles. The third-order valence-electron chi connectivity index (χ3n) is 3.94. The maximum Gasteiger partial charge on any atom is 0.0925 e. The lowest BCUT2D eigenvalue weighted by molar-refractivity contribution is 0.242. The van der Waals surface area contributed by atoms with Crippen LogP contribution in [-0.2, 0) is 13.5 Å². The van der Waals surface area contributed by atoms with Gasteiger partial charge in [-0.05, 0) is 6.07 Å². The first-order chi connectivity index (χ1) is 9.83. The highest BCUT2D eigenvalue weighted by Crippen LogP contribution is 2.18. The second-order valence-electron chi connectivity index (χ2n) is 5.35. The van der Waals surface area contributed by atoms with Crippen molar-refractivity contribution in [1.29, 1.82) is 0 Å². The number of nitrogens with zero attached hydrogens (tertiary/aromatic N) is 3. The van der Waals surface area contributed by atoms with E-state index in [4.69, 9.17) is 0 Å². The smallest absolute Gasteiger partial charge is 0.0925 e. The van der Waals surface area contributed by atoms with Crippen molar-refractivity contribution in [3.63, 3.8) is 0 Å². The van der Waals surface area contributed by atoms with Crippen molar-refractivity contribution in [2.24, 2.45) is 7.05 Å². The van der Waals surface area contributed by atoms with E-state index in [1.807, 2.05) is 17.8 Å². The molecule has 0 bridgehead atoms. The van der Waals surface area contributed by atoms with Gasteiger partial charge in [-0.25, -0.2) is 0 Å². The lowest BCUT2D eigenvalue weighted by Gasteiger charge is -2.26. The fourth-order valence-corrected chi connectivity index (χ4v) is 2.70. The molecule has 0 aliphatic carbocycles. The van der Waals surface area contributed by atoms with Gasteiger partial charge in [0.15, 0.2) is 0 Å². The van der Waals surface area contributed by atoms with Crippen molar-refractivity contribution in [3.8, 4) is 11.3 Å². The minimum Gasteiger partial charge on any atom is -0.314 e. The first kappa shape index (κ1) is 13.3. The van der Waals surface area contributed by atoms with Crippen LogP contribution in [0.3, 0.4) is 0 Å². The van der Waals surface area contributed by atoms with Crippen LogP contribution in [0.4, 0.5) is 0 Å². The molecule has 2 heterocycles. The number of hydrogen-bond donors (Lipinski definition) is 1. The zero-order chi connectivity index (χ0) is 13.8. The molecule has 2 aromatic rings. The number of aromatic nitrogens is 2. The molecular formula is C16H22N4. The Bertz CT molecular complexity index is 541. The summed E-state index contributed by atoms with van der Waals surface area (Å²) < 4.78 is 2.02. The number of nitrogens with one attached hydrogen (secondary N) is 1. The maximum atomic E-state index is 4.63. The summed E-state index contributed by atoms with van der Waals surface area (Å²) in [5, 5.41) is 8.02. The standard InChI is InChI=1S/C16H22N4/c1-19-15(7-10-20-11-8-17-9-12-20)13-16(18-19)14-5-3-2-4-6-14/h2-6,13,17H,7-12H2,1H3. The summed E-state index contributed by atoms with van der Waals surface area (Å²) in [6.45, 7) is 5.66. The largest absolute Gasteiger partial charge is 0.314 e. The Morgan fingerprint density at radius 3 is 2.65 bits per heavy atom. The van der Waals surface area contributed by atoms with Crippen molar-refractivity contribution in [1.82, 2.24) is 20.0 Å². The molecule has 1 fully saturated rings. The van der Waals surface area contributed by atoms with Crippen LogP contribution in [0.1, 0.15) is 5.69 Å². The van der Waals surface area contributed by atoms with Crippen LogP contribution in [0, 0.1) is 0 Å². The molecule has 0 radical (unpaired) electrons. The van der Waals surface area contributed by atoms with E-state index in [0.717, 1.165) is 44.8 Å². The Balaban J connectivity index is 1.66. The van der Waals surface area contributed by atoms with Crippen molar-refractivity contribution in [2.75, 3.05) is 32.7 Å². The van der Waals surface area contributed by atoms with Gasteiger partial charge in [0.2, 0.25) is 0 Å². The number of benzene rings is 1. The number of rotatable bonds is 4. The highest BCUT2D eigenvalue weighted by atomic mass is 15.3. The quantitative estimate of drug-likeness (QED) is 0.915. The van der Waals surface area contributed by atoms with E-state index in [0.29, 0.717) is 0 Å². The van der Waals surface area contributed by atoms with Gasteiger partial charge in [0.25, 0.3) is 0 Å². The summed E-state index contributed by atoms with van der Waals surface area (Å²) in [6, 6.07) is 12.6. The predicted molar refractivity (Wildman–Crippen MR) is 81.7 cm³/mol. The van der Waals surface area contributed by atoms with Crippen molar-refractivity contribution < 1.29 is 0 Å². The summed E-state index contributed by atoms with van der Waals surface area (Å²) in [5.41, 5.74) is 3.57. The van der Waals surface area contributed by atoms with E-state index >= 15 is 0 Å². The molecular weight excluding hydrogens is 248 g/mol. The van der Waals surface area contributed by atoms with Crippen LogP contribution < -0.4 is 5.32 Å². The SMILES string of the molecule is Cn1nc(-c2ccccc2)cc1CCN1CCNCC1. The van der Waals surface area contributed by atoms with Gasteiger partial charge >= 0.3 is 0 Å².